The molecule has 1 atom stereocenters. The first-order valence-corrected chi connectivity index (χ1v) is 10.0. The van der Waals surface area contributed by atoms with Crippen molar-refractivity contribution in [1.82, 2.24) is 4.72 Å². The number of nitrogens with zero attached hydrogens (tertiary/aromatic N) is 1. The third kappa shape index (κ3) is 3.73. The number of carbonyl (C=O) groups excluding carboxylic acids is 1. The number of hydrogen-bond acceptors (Lipinski definition) is 4. The molecule has 6 nitrogen and oxygen atoms in total. The van der Waals surface area contributed by atoms with Gasteiger partial charge in [-0.05, 0) is 36.2 Å². The van der Waals surface area contributed by atoms with Crippen LogP contribution in [0.3, 0.4) is 0 Å². The normalized spacial score (nSPS) is 16.9. The minimum atomic E-state index is -3.61. The lowest BCUT2D eigenvalue weighted by Gasteiger charge is -2.31. The summed E-state index contributed by atoms with van der Waals surface area (Å²) in [7, 11) is -1.92. The first-order chi connectivity index (χ1) is 12.4. The van der Waals surface area contributed by atoms with Crippen LogP contribution in [0.25, 0.3) is 0 Å². The second-order valence-corrected chi connectivity index (χ2v) is 7.92. The van der Waals surface area contributed by atoms with E-state index >= 15 is 0 Å². The molecule has 0 saturated heterocycles. The highest BCUT2D eigenvalue weighted by molar-refractivity contribution is 7.89. The van der Waals surface area contributed by atoms with Gasteiger partial charge in [0.05, 0.1) is 10.6 Å². The molecule has 2 aromatic carbocycles. The molecule has 1 unspecified atom stereocenters. The van der Waals surface area contributed by atoms with Crippen molar-refractivity contribution in [3.8, 4) is 5.75 Å². The zero-order chi connectivity index (χ0) is 18.7. The molecule has 3 rings (SSSR count). The van der Waals surface area contributed by atoms with E-state index in [1.54, 1.807) is 42.3 Å². The summed E-state index contributed by atoms with van der Waals surface area (Å²) in [6.45, 7) is 2.13. The van der Waals surface area contributed by atoms with Crippen LogP contribution in [0, 0.1) is 0 Å². The van der Waals surface area contributed by atoms with Crippen LogP contribution >= 0.6 is 0 Å². The van der Waals surface area contributed by atoms with Crippen molar-refractivity contribution in [1.29, 1.82) is 0 Å². The van der Waals surface area contributed by atoms with Crippen LogP contribution in [-0.2, 0) is 21.2 Å². The number of amides is 1. The minimum Gasteiger partial charge on any atom is -0.478 e. The molecular weight excluding hydrogens is 352 g/mol. The maximum atomic E-state index is 12.4. The molecule has 7 heteroatoms. The molecule has 0 aliphatic carbocycles. The van der Waals surface area contributed by atoms with Gasteiger partial charge in [-0.25, -0.2) is 13.1 Å². The van der Waals surface area contributed by atoms with E-state index in [0.717, 1.165) is 12.0 Å². The molecule has 1 aliphatic heterocycles. The van der Waals surface area contributed by atoms with E-state index in [9.17, 15) is 13.2 Å². The summed E-state index contributed by atoms with van der Waals surface area (Å²) in [6.07, 6.45) is 0.397. The number of anilines is 1. The summed E-state index contributed by atoms with van der Waals surface area (Å²) in [5, 5.41) is 0. The van der Waals surface area contributed by atoms with Gasteiger partial charge in [-0.2, -0.15) is 0 Å². The highest BCUT2D eigenvalue weighted by atomic mass is 32.2. The topological polar surface area (TPSA) is 75.7 Å². The van der Waals surface area contributed by atoms with Crippen LogP contribution < -0.4 is 14.4 Å². The predicted octanol–water partition coefficient (Wildman–Crippen LogP) is 2.34. The van der Waals surface area contributed by atoms with Crippen LogP contribution in [0.15, 0.2) is 53.4 Å². The first kappa shape index (κ1) is 18.4. The van der Waals surface area contributed by atoms with Crippen molar-refractivity contribution in [2.45, 2.75) is 30.8 Å². The summed E-state index contributed by atoms with van der Waals surface area (Å²) < 4.78 is 33.0. The van der Waals surface area contributed by atoms with Gasteiger partial charge in [0.1, 0.15) is 5.75 Å². The Labute approximate surface area is 153 Å². The molecule has 0 bridgehead atoms. The Morgan fingerprint density at radius 1 is 1.12 bits per heavy atom. The van der Waals surface area contributed by atoms with Gasteiger partial charge in [-0.3, -0.25) is 4.79 Å². The van der Waals surface area contributed by atoms with Gasteiger partial charge in [0.15, 0.2) is 6.10 Å². The average Bonchev–Trinajstić information content (AvgIpc) is 2.65. The van der Waals surface area contributed by atoms with Crippen LogP contribution in [0.5, 0.6) is 5.75 Å². The van der Waals surface area contributed by atoms with Crippen LogP contribution in [-0.4, -0.2) is 34.0 Å². The van der Waals surface area contributed by atoms with E-state index in [1.165, 1.54) is 0 Å². The Balaban J connectivity index is 1.63. The molecule has 0 fully saturated rings. The SMILES string of the molecule is CCc1ccc(S(=O)(=O)NCCC2Oc3ccccc3N(C)C2=O)cc1. The number of benzene rings is 2. The summed E-state index contributed by atoms with van der Waals surface area (Å²) >= 11 is 0. The van der Waals surface area contributed by atoms with Gasteiger partial charge in [0.2, 0.25) is 10.0 Å². The summed E-state index contributed by atoms with van der Waals surface area (Å²) in [5.41, 5.74) is 1.79. The van der Waals surface area contributed by atoms with E-state index in [0.29, 0.717) is 11.4 Å². The lowest BCUT2D eigenvalue weighted by atomic mass is 10.1. The molecule has 1 amide bonds. The summed E-state index contributed by atoms with van der Waals surface area (Å²) in [4.78, 5) is 14.2. The van der Waals surface area contributed by atoms with E-state index in [2.05, 4.69) is 4.72 Å². The quantitative estimate of drug-likeness (QED) is 0.842. The van der Waals surface area contributed by atoms with Gasteiger partial charge in [-0.1, -0.05) is 31.2 Å². The van der Waals surface area contributed by atoms with Crippen molar-refractivity contribution < 1.29 is 17.9 Å². The number of likely N-dealkylation sites (N-methyl/N-ethyl adjacent to an activating group) is 1. The van der Waals surface area contributed by atoms with E-state index in [4.69, 9.17) is 4.74 Å². The number of aryl methyl sites for hydroxylation is 1. The first-order valence-electron chi connectivity index (χ1n) is 8.54. The molecule has 2 aromatic rings. The second kappa shape index (κ2) is 7.47. The standard InChI is InChI=1S/C19H22N2O4S/c1-3-14-8-10-15(11-9-14)26(23,24)20-13-12-18-19(22)21(2)16-6-4-5-7-17(16)25-18/h4-11,18,20H,3,12-13H2,1-2H3. The number of hydrogen-bond donors (Lipinski definition) is 1. The van der Waals surface area contributed by atoms with E-state index in [-0.39, 0.29) is 23.8 Å². The van der Waals surface area contributed by atoms with Crippen LogP contribution in [0.1, 0.15) is 18.9 Å². The van der Waals surface area contributed by atoms with Crippen molar-refractivity contribution >= 4 is 21.6 Å². The van der Waals surface area contributed by atoms with E-state index in [1.807, 2.05) is 25.1 Å². The van der Waals surface area contributed by atoms with Crippen molar-refractivity contribution in [2.75, 3.05) is 18.5 Å². The van der Waals surface area contributed by atoms with E-state index < -0.39 is 16.1 Å². The monoisotopic (exact) mass is 374 g/mol. The Kier molecular flexibility index (Phi) is 5.29. The van der Waals surface area contributed by atoms with Gasteiger partial charge in [-0.15, -0.1) is 0 Å². The lowest BCUT2D eigenvalue weighted by molar-refractivity contribution is -0.126. The second-order valence-electron chi connectivity index (χ2n) is 6.16. The molecule has 1 N–H and O–H groups in total. The number of nitrogens with one attached hydrogen (secondary N) is 1. The molecule has 1 heterocycles. The molecule has 1 aliphatic rings. The largest absolute Gasteiger partial charge is 0.478 e. The number of sulfonamides is 1. The molecular formula is C19H22N2O4S. The third-order valence-electron chi connectivity index (χ3n) is 4.44. The fourth-order valence-electron chi connectivity index (χ4n) is 2.87. The molecule has 0 aromatic heterocycles. The van der Waals surface area contributed by atoms with Crippen LogP contribution in [0.4, 0.5) is 5.69 Å². The maximum absolute atomic E-state index is 12.4. The number of para-hydroxylation sites is 2. The fourth-order valence-corrected chi connectivity index (χ4v) is 3.91. The average molecular weight is 374 g/mol. The molecule has 0 spiro atoms. The molecule has 0 radical (unpaired) electrons. The number of fused-ring (bicyclic) bond motifs is 1. The number of carbonyl (C=O) groups is 1. The van der Waals surface area contributed by atoms with Crippen molar-refractivity contribution in [3.63, 3.8) is 0 Å². The van der Waals surface area contributed by atoms with Crippen molar-refractivity contribution in [2.24, 2.45) is 0 Å². The van der Waals surface area contributed by atoms with Gasteiger partial charge in [0, 0.05) is 20.0 Å². The Hall–Kier alpha value is -2.38. The summed E-state index contributed by atoms with van der Waals surface area (Å²) in [5.74, 6) is 0.438. The number of ether oxygens (including phenoxy) is 1. The Bertz CT molecular complexity index is 894. The number of rotatable bonds is 6. The summed E-state index contributed by atoms with van der Waals surface area (Å²) in [6, 6.07) is 14.1. The molecule has 0 saturated carbocycles. The fraction of sp³-hybridized carbons (Fsp3) is 0.316. The Morgan fingerprint density at radius 2 is 1.81 bits per heavy atom. The van der Waals surface area contributed by atoms with Crippen molar-refractivity contribution in [3.05, 3.63) is 54.1 Å². The Morgan fingerprint density at radius 3 is 2.50 bits per heavy atom. The third-order valence-corrected chi connectivity index (χ3v) is 5.92. The maximum Gasteiger partial charge on any atom is 0.267 e. The van der Waals surface area contributed by atoms with Gasteiger partial charge < -0.3 is 9.64 Å². The molecule has 26 heavy (non-hydrogen) atoms. The lowest BCUT2D eigenvalue weighted by Crippen LogP contribution is -2.45. The predicted molar refractivity (Wildman–Crippen MR) is 99.9 cm³/mol. The highest BCUT2D eigenvalue weighted by Crippen LogP contribution is 2.33. The van der Waals surface area contributed by atoms with Crippen LogP contribution in [0.2, 0.25) is 0 Å². The van der Waals surface area contributed by atoms with Gasteiger partial charge >= 0.3 is 0 Å². The molecule has 138 valence electrons. The zero-order valence-electron chi connectivity index (χ0n) is 14.8. The highest BCUT2D eigenvalue weighted by Gasteiger charge is 2.31. The smallest absolute Gasteiger partial charge is 0.267 e. The minimum absolute atomic E-state index is 0.115. The van der Waals surface area contributed by atoms with Gasteiger partial charge in [0.25, 0.3) is 5.91 Å². The zero-order valence-corrected chi connectivity index (χ0v) is 15.6.